The first-order valence-corrected chi connectivity index (χ1v) is 11.6. The van der Waals surface area contributed by atoms with E-state index in [1.807, 2.05) is 23.1 Å². The van der Waals surface area contributed by atoms with E-state index in [9.17, 15) is 9.59 Å². The number of fused-ring (bicyclic) bond motifs is 2. The molecular weight excluding hydrogens is 396 g/mol. The second-order valence-corrected chi connectivity index (χ2v) is 8.54. The lowest BCUT2D eigenvalue weighted by Gasteiger charge is -2.15. The van der Waals surface area contributed by atoms with Gasteiger partial charge in [-0.15, -0.1) is 0 Å². The monoisotopic (exact) mass is 429 g/mol. The van der Waals surface area contributed by atoms with Crippen LogP contribution in [0.3, 0.4) is 0 Å². The number of nitrogens with zero attached hydrogens (tertiary/aromatic N) is 4. The smallest absolute Gasteiger partial charge is 0.318 e. The lowest BCUT2D eigenvalue weighted by atomic mass is 10.1. The average Bonchev–Trinajstić information content (AvgIpc) is 2.72. The van der Waals surface area contributed by atoms with Gasteiger partial charge in [0.05, 0.1) is 0 Å². The van der Waals surface area contributed by atoms with E-state index >= 15 is 0 Å². The summed E-state index contributed by atoms with van der Waals surface area (Å²) in [5.74, 6) is 1.38. The van der Waals surface area contributed by atoms with Crippen LogP contribution in [0.2, 0.25) is 0 Å². The Morgan fingerprint density at radius 1 is 1.00 bits per heavy atom. The third-order valence-corrected chi connectivity index (χ3v) is 6.34. The molecule has 0 N–H and O–H groups in total. The van der Waals surface area contributed by atoms with Gasteiger partial charge < -0.3 is 4.57 Å². The van der Waals surface area contributed by atoms with E-state index in [-0.39, 0.29) is 5.56 Å². The lowest BCUT2D eigenvalue weighted by Crippen LogP contribution is -2.49. The van der Waals surface area contributed by atoms with E-state index in [1.54, 1.807) is 0 Å². The van der Waals surface area contributed by atoms with Gasteiger partial charge in [-0.3, -0.25) is 9.36 Å². The summed E-state index contributed by atoms with van der Waals surface area (Å²) in [6.07, 6.45) is 6.44. The van der Waals surface area contributed by atoms with Gasteiger partial charge >= 0.3 is 16.9 Å². The third kappa shape index (κ3) is 4.31. The highest BCUT2D eigenvalue weighted by atomic mass is 32.1. The predicted octanol–water partition coefficient (Wildman–Crippen LogP) is 3.39. The van der Waals surface area contributed by atoms with Crippen molar-refractivity contribution in [1.82, 2.24) is 14.1 Å². The summed E-state index contributed by atoms with van der Waals surface area (Å²) >= 11 is 4.24. The molecule has 0 saturated carbocycles. The second-order valence-electron chi connectivity index (χ2n) is 8.10. The minimum atomic E-state index is -0.455. The normalized spacial score (nSPS) is 11.6. The number of rotatable bonds is 9. The molecule has 162 valence electrons. The first kappa shape index (κ1) is 22.5. The Hall–Kier alpha value is -2.15. The van der Waals surface area contributed by atoms with E-state index in [1.165, 1.54) is 28.5 Å². The minimum absolute atomic E-state index is 0.238. The maximum Gasteiger partial charge on any atom is 0.352 e. The van der Waals surface area contributed by atoms with Crippen molar-refractivity contribution in [3.05, 3.63) is 44.1 Å². The van der Waals surface area contributed by atoms with Crippen LogP contribution in [0.1, 0.15) is 56.6 Å². The molecule has 0 spiro atoms. The van der Waals surface area contributed by atoms with Gasteiger partial charge in [-0.1, -0.05) is 25.7 Å². The van der Waals surface area contributed by atoms with Gasteiger partial charge in [-0.05, 0) is 56.6 Å². The molecule has 0 saturated heterocycles. The first-order chi connectivity index (χ1) is 14.4. The Labute approximate surface area is 183 Å². The maximum atomic E-state index is 13.4. The Balaban J connectivity index is 2.03. The number of thiol groups is 1. The Morgan fingerprint density at radius 3 is 2.30 bits per heavy atom. The fourth-order valence-corrected chi connectivity index (χ4v) is 4.33. The van der Waals surface area contributed by atoms with Crippen molar-refractivity contribution in [3.63, 3.8) is 0 Å². The van der Waals surface area contributed by atoms with Gasteiger partial charge in [0.1, 0.15) is 12.1 Å². The molecule has 0 unspecified atom stereocenters. The van der Waals surface area contributed by atoms with Crippen molar-refractivity contribution >= 4 is 23.7 Å². The van der Waals surface area contributed by atoms with E-state index in [4.69, 9.17) is 0 Å². The fourth-order valence-electron chi connectivity index (χ4n) is 4.10. The molecule has 0 bridgehead atoms. The quantitative estimate of drug-likeness (QED) is 0.245. The van der Waals surface area contributed by atoms with E-state index in [2.05, 4.69) is 43.6 Å². The van der Waals surface area contributed by atoms with Crippen molar-refractivity contribution in [2.45, 2.75) is 72.4 Å². The topological polar surface area (TPSA) is 60.8 Å². The van der Waals surface area contributed by atoms with Crippen LogP contribution in [0.5, 0.6) is 0 Å². The van der Waals surface area contributed by atoms with Crippen molar-refractivity contribution in [3.8, 4) is 11.5 Å². The highest BCUT2D eigenvalue weighted by molar-refractivity contribution is 7.80. The van der Waals surface area contributed by atoms with Crippen LogP contribution in [0, 0.1) is 13.8 Å². The van der Waals surface area contributed by atoms with Gasteiger partial charge in [0.15, 0.2) is 0 Å². The van der Waals surface area contributed by atoms with Crippen LogP contribution < -0.4 is 15.8 Å². The highest BCUT2D eigenvalue weighted by Crippen LogP contribution is 2.21. The van der Waals surface area contributed by atoms with Gasteiger partial charge in [-0.2, -0.15) is 22.2 Å². The molecule has 3 rings (SSSR count). The highest BCUT2D eigenvalue weighted by Gasteiger charge is 2.30. The summed E-state index contributed by atoms with van der Waals surface area (Å²) in [6, 6.07) is 4.22. The van der Waals surface area contributed by atoms with Crippen molar-refractivity contribution < 1.29 is 4.57 Å². The molecule has 0 fully saturated rings. The molecule has 2 aliphatic heterocycles. The number of aromatic nitrogens is 4. The molecule has 30 heavy (non-hydrogen) atoms. The van der Waals surface area contributed by atoms with Crippen LogP contribution in [-0.2, 0) is 20.1 Å². The summed E-state index contributed by atoms with van der Waals surface area (Å²) in [4.78, 5) is 30.4. The van der Waals surface area contributed by atoms with Crippen molar-refractivity contribution in [2.24, 2.45) is 7.05 Å². The average molecular weight is 430 g/mol. The zero-order chi connectivity index (χ0) is 21.8. The van der Waals surface area contributed by atoms with Crippen LogP contribution in [0.15, 0.2) is 21.7 Å². The molecule has 0 aromatic heterocycles. The van der Waals surface area contributed by atoms with E-state index in [0.717, 1.165) is 42.5 Å². The maximum absolute atomic E-state index is 13.4. The first-order valence-electron chi connectivity index (χ1n) is 11.0. The number of benzene rings is 1. The molecule has 0 amide bonds. The Kier molecular flexibility index (Phi) is 7.34. The van der Waals surface area contributed by atoms with Crippen molar-refractivity contribution in [2.75, 3.05) is 5.75 Å². The molecule has 1 aromatic carbocycles. The number of aryl methyl sites for hydroxylation is 4. The number of unbranched alkanes of at least 4 members (excludes halogenated alkanes) is 5. The van der Waals surface area contributed by atoms with Gasteiger partial charge in [0.2, 0.25) is 11.3 Å². The van der Waals surface area contributed by atoms with Gasteiger partial charge in [-0.25, -0.2) is 4.79 Å². The largest absolute Gasteiger partial charge is 0.352 e. The molecule has 6 nitrogen and oxygen atoms in total. The summed E-state index contributed by atoms with van der Waals surface area (Å²) < 4.78 is 5.19. The van der Waals surface area contributed by atoms with Crippen LogP contribution >= 0.6 is 12.6 Å². The summed E-state index contributed by atoms with van der Waals surface area (Å²) in [7, 11) is 1.88. The molecule has 1 aromatic rings. The zero-order valence-electron chi connectivity index (χ0n) is 18.6. The SMILES string of the molecule is CC[n+]1c2c(=O)n(CCCCCCCCS)c(=O)nc-2n(C)c2cc(C)c(C)cc21. The molecule has 2 aliphatic rings. The van der Waals surface area contributed by atoms with Crippen LogP contribution in [-0.4, -0.2) is 19.9 Å². The summed E-state index contributed by atoms with van der Waals surface area (Å²) in [6.45, 7) is 7.22. The zero-order valence-corrected chi connectivity index (χ0v) is 19.5. The molecule has 7 heteroatoms. The number of hydrogen-bond donors (Lipinski definition) is 1. The third-order valence-electron chi connectivity index (χ3n) is 6.03. The summed E-state index contributed by atoms with van der Waals surface area (Å²) in [5, 5.41) is 0. The molecule has 0 aliphatic carbocycles. The van der Waals surface area contributed by atoms with Gasteiger partial charge in [0.25, 0.3) is 0 Å². The van der Waals surface area contributed by atoms with Crippen LogP contribution in [0.4, 0.5) is 0 Å². The molecule has 0 atom stereocenters. The molecule has 0 radical (unpaired) electrons. The minimum Gasteiger partial charge on any atom is -0.318 e. The predicted molar refractivity (Wildman–Crippen MR) is 125 cm³/mol. The van der Waals surface area contributed by atoms with E-state index in [0.29, 0.717) is 24.6 Å². The summed E-state index contributed by atoms with van der Waals surface area (Å²) in [5.41, 5.74) is 4.12. The van der Waals surface area contributed by atoms with E-state index < -0.39 is 5.69 Å². The Bertz CT molecular complexity index is 1130. The molecule has 2 heterocycles. The lowest BCUT2D eigenvalue weighted by molar-refractivity contribution is -0.658. The fraction of sp³-hybridized carbons (Fsp3) is 0.565. The van der Waals surface area contributed by atoms with Crippen molar-refractivity contribution in [1.29, 1.82) is 0 Å². The van der Waals surface area contributed by atoms with Crippen LogP contribution in [0.25, 0.3) is 22.6 Å². The van der Waals surface area contributed by atoms with Gasteiger partial charge in [0, 0.05) is 19.7 Å². The Morgan fingerprint density at radius 2 is 1.63 bits per heavy atom. The standard InChI is InChI=1S/C23H32N4O2S/c1-5-26-19-15-17(3)16(2)14-18(19)25(4)21-20(26)22(28)27(23(29)24-21)12-10-8-6-7-9-11-13-30/h14-15H,5-13H2,1-4H3/p+1. The number of hydrogen-bond acceptors (Lipinski definition) is 4. The molecular formula is C23H33N4O2S+. The second kappa shape index (κ2) is 9.77.